The summed E-state index contributed by atoms with van der Waals surface area (Å²) in [6.45, 7) is 2.39. The molecular weight excluding hydrogens is 332 g/mol. The number of carbonyl (C=O) groups is 1. The number of nitrogens with one attached hydrogen (secondary N) is 2. The van der Waals surface area contributed by atoms with E-state index in [1.807, 2.05) is 18.2 Å². The molecule has 3 aromatic rings. The predicted molar refractivity (Wildman–Crippen MR) is 110 cm³/mol. The van der Waals surface area contributed by atoms with Crippen LogP contribution in [0.2, 0.25) is 0 Å². The van der Waals surface area contributed by atoms with Crippen molar-refractivity contribution in [2.45, 2.75) is 37.8 Å². The first kappa shape index (κ1) is 17.7. The van der Waals surface area contributed by atoms with Gasteiger partial charge in [0.2, 0.25) is 5.91 Å². The van der Waals surface area contributed by atoms with E-state index < -0.39 is 0 Å². The predicted octanol–water partition coefficient (Wildman–Crippen LogP) is 4.69. The molecule has 1 fully saturated rings. The Labute approximate surface area is 160 Å². The summed E-state index contributed by atoms with van der Waals surface area (Å²) < 4.78 is 0. The topological polar surface area (TPSA) is 41.1 Å². The Morgan fingerprint density at radius 2 is 1.67 bits per heavy atom. The Balaban J connectivity index is 1.42. The number of amides is 1. The van der Waals surface area contributed by atoms with E-state index in [1.165, 1.54) is 22.8 Å². The maximum Gasteiger partial charge on any atom is 0.234 e. The lowest BCUT2D eigenvalue weighted by molar-refractivity contribution is -0.121. The maximum absolute atomic E-state index is 12.6. The van der Waals surface area contributed by atoms with Gasteiger partial charge in [-0.15, -0.1) is 0 Å². The lowest BCUT2D eigenvalue weighted by Gasteiger charge is -2.43. The molecule has 1 aliphatic rings. The first-order valence-corrected chi connectivity index (χ1v) is 9.76. The van der Waals surface area contributed by atoms with Crippen LogP contribution in [-0.2, 0) is 10.3 Å². The fourth-order valence-corrected chi connectivity index (χ4v) is 4.10. The highest BCUT2D eigenvalue weighted by atomic mass is 16.2. The molecule has 1 aliphatic carbocycles. The molecule has 3 aromatic carbocycles. The van der Waals surface area contributed by atoms with Crippen molar-refractivity contribution in [3.05, 3.63) is 83.9 Å². The van der Waals surface area contributed by atoms with Gasteiger partial charge in [0.25, 0.3) is 0 Å². The Morgan fingerprint density at radius 3 is 2.41 bits per heavy atom. The number of rotatable bonds is 6. The molecule has 1 atom stereocenters. The summed E-state index contributed by atoms with van der Waals surface area (Å²) in [5.74, 6) is 0.0395. The second kappa shape index (κ2) is 7.53. The molecule has 3 heteroatoms. The van der Waals surface area contributed by atoms with E-state index in [0.29, 0.717) is 6.54 Å². The first-order valence-electron chi connectivity index (χ1n) is 9.76. The Morgan fingerprint density at radius 1 is 0.963 bits per heavy atom. The van der Waals surface area contributed by atoms with Gasteiger partial charge in [0.15, 0.2) is 0 Å². The molecule has 1 saturated carbocycles. The molecule has 0 saturated heterocycles. The average molecular weight is 358 g/mol. The Kier molecular flexibility index (Phi) is 4.95. The Hall–Kier alpha value is -2.65. The minimum atomic E-state index is -0.0404. The van der Waals surface area contributed by atoms with Gasteiger partial charge in [-0.25, -0.2) is 0 Å². The lowest BCUT2D eigenvalue weighted by atomic mass is 9.72. The summed E-state index contributed by atoms with van der Waals surface area (Å²) in [4.78, 5) is 12.6. The van der Waals surface area contributed by atoms with Gasteiger partial charge in [0.05, 0.1) is 12.6 Å². The smallest absolute Gasteiger partial charge is 0.234 e. The zero-order valence-corrected chi connectivity index (χ0v) is 15.7. The summed E-state index contributed by atoms with van der Waals surface area (Å²) in [7, 11) is 0. The Bertz CT molecular complexity index is 926. The van der Waals surface area contributed by atoms with E-state index in [0.717, 1.165) is 18.4 Å². The lowest BCUT2D eigenvalue weighted by Crippen LogP contribution is -2.51. The van der Waals surface area contributed by atoms with Gasteiger partial charge in [-0.2, -0.15) is 0 Å². The third-order valence-corrected chi connectivity index (χ3v) is 5.79. The van der Waals surface area contributed by atoms with E-state index in [4.69, 9.17) is 0 Å². The van der Waals surface area contributed by atoms with Crippen LogP contribution >= 0.6 is 0 Å². The minimum absolute atomic E-state index is 0.0283. The fourth-order valence-electron chi connectivity index (χ4n) is 4.10. The number of benzene rings is 3. The van der Waals surface area contributed by atoms with Crippen molar-refractivity contribution >= 4 is 16.7 Å². The van der Waals surface area contributed by atoms with Crippen LogP contribution in [0.4, 0.5) is 0 Å². The maximum atomic E-state index is 12.6. The summed E-state index contributed by atoms with van der Waals surface area (Å²) in [5, 5.41) is 9.09. The van der Waals surface area contributed by atoms with Gasteiger partial charge >= 0.3 is 0 Å². The zero-order chi connectivity index (χ0) is 18.7. The van der Waals surface area contributed by atoms with Crippen molar-refractivity contribution in [2.24, 2.45) is 0 Å². The first-order chi connectivity index (χ1) is 13.2. The van der Waals surface area contributed by atoms with E-state index in [-0.39, 0.29) is 17.5 Å². The highest BCUT2D eigenvalue weighted by molar-refractivity contribution is 5.87. The summed E-state index contributed by atoms with van der Waals surface area (Å²) in [5.41, 5.74) is 2.40. The largest absolute Gasteiger partial charge is 0.348 e. The summed E-state index contributed by atoms with van der Waals surface area (Å²) >= 11 is 0. The second-order valence-corrected chi connectivity index (χ2v) is 7.51. The SMILES string of the molecule is CC(NC(=O)CNC1(c2ccccc2)CCC1)c1cccc2ccccc12. The van der Waals surface area contributed by atoms with Crippen molar-refractivity contribution in [1.82, 2.24) is 10.6 Å². The van der Waals surface area contributed by atoms with Crippen LogP contribution in [0.25, 0.3) is 10.8 Å². The monoisotopic (exact) mass is 358 g/mol. The van der Waals surface area contributed by atoms with Gasteiger partial charge < -0.3 is 5.32 Å². The fraction of sp³-hybridized carbons (Fsp3) is 0.292. The van der Waals surface area contributed by atoms with Crippen LogP contribution in [0.15, 0.2) is 72.8 Å². The molecule has 0 aromatic heterocycles. The zero-order valence-electron chi connectivity index (χ0n) is 15.7. The number of fused-ring (bicyclic) bond motifs is 1. The van der Waals surface area contributed by atoms with Gasteiger partial charge in [0.1, 0.15) is 0 Å². The average Bonchev–Trinajstić information content (AvgIpc) is 2.67. The van der Waals surface area contributed by atoms with Crippen molar-refractivity contribution in [1.29, 1.82) is 0 Å². The van der Waals surface area contributed by atoms with Crippen LogP contribution in [0, 0.1) is 0 Å². The molecule has 3 nitrogen and oxygen atoms in total. The molecule has 1 amide bonds. The van der Waals surface area contributed by atoms with Crippen molar-refractivity contribution in [2.75, 3.05) is 6.54 Å². The van der Waals surface area contributed by atoms with Crippen LogP contribution in [-0.4, -0.2) is 12.5 Å². The molecule has 0 bridgehead atoms. The van der Waals surface area contributed by atoms with Crippen molar-refractivity contribution in [3.63, 3.8) is 0 Å². The molecule has 27 heavy (non-hydrogen) atoms. The molecular formula is C24H26N2O. The van der Waals surface area contributed by atoms with Crippen LogP contribution in [0.5, 0.6) is 0 Å². The molecule has 1 unspecified atom stereocenters. The van der Waals surface area contributed by atoms with Crippen LogP contribution in [0.1, 0.15) is 43.4 Å². The van der Waals surface area contributed by atoms with E-state index >= 15 is 0 Å². The summed E-state index contributed by atoms with van der Waals surface area (Å²) in [6.07, 6.45) is 3.38. The van der Waals surface area contributed by atoms with E-state index in [9.17, 15) is 4.79 Å². The number of hydrogen-bond donors (Lipinski definition) is 2. The third kappa shape index (κ3) is 3.60. The molecule has 2 N–H and O–H groups in total. The quantitative estimate of drug-likeness (QED) is 0.671. The van der Waals surface area contributed by atoms with Gasteiger partial charge in [-0.3, -0.25) is 10.1 Å². The molecule has 0 aliphatic heterocycles. The van der Waals surface area contributed by atoms with E-state index in [2.05, 4.69) is 72.2 Å². The van der Waals surface area contributed by atoms with Crippen LogP contribution < -0.4 is 10.6 Å². The van der Waals surface area contributed by atoms with Gasteiger partial charge in [0, 0.05) is 5.54 Å². The highest BCUT2D eigenvalue weighted by Gasteiger charge is 2.38. The number of hydrogen-bond acceptors (Lipinski definition) is 2. The minimum Gasteiger partial charge on any atom is -0.348 e. The molecule has 138 valence electrons. The standard InChI is InChI=1S/C24H26N2O/c1-18(21-14-7-10-19-9-5-6-13-22(19)21)26-23(27)17-25-24(15-8-16-24)20-11-3-2-4-12-20/h2-7,9-14,18,25H,8,15-17H2,1H3,(H,26,27). The van der Waals surface area contributed by atoms with Gasteiger partial charge in [-0.1, -0.05) is 72.8 Å². The third-order valence-electron chi connectivity index (χ3n) is 5.79. The normalized spacial score (nSPS) is 16.5. The summed E-state index contributed by atoms with van der Waals surface area (Å²) in [6, 6.07) is 25.0. The van der Waals surface area contributed by atoms with Crippen LogP contribution in [0.3, 0.4) is 0 Å². The molecule has 4 rings (SSSR count). The van der Waals surface area contributed by atoms with E-state index in [1.54, 1.807) is 0 Å². The molecule has 0 radical (unpaired) electrons. The molecule has 0 heterocycles. The number of carbonyl (C=O) groups excluding carboxylic acids is 1. The highest BCUT2D eigenvalue weighted by Crippen LogP contribution is 2.40. The van der Waals surface area contributed by atoms with Gasteiger partial charge in [-0.05, 0) is 48.1 Å². The van der Waals surface area contributed by atoms with Crippen molar-refractivity contribution < 1.29 is 4.79 Å². The van der Waals surface area contributed by atoms with Crippen molar-refractivity contribution in [3.8, 4) is 0 Å². The molecule has 0 spiro atoms. The second-order valence-electron chi connectivity index (χ2n) is 7.51.